The van der Waals surface area contributed by atoms with Crippen molar-refractivity contribution < 1.29 is 14.3 Å². The number of hydrogen-bond acceptors (Lipinski definition) is 3. The van der Waals surface area contributed by atoms with Crippen LogP contribution in [0.3, 0.4) is 0 Å². The molecule has 0 aliphatic carbocycles. The summed E-state index contributed by atoms with van der Waals surface area (Å²) in [5, 5.41) is 3.54. The number of anilines is 2. The van der Waals surface area contributed by atoms with E-state index in [2.05, 4.69) is 5.32 Å². The summed E-state index contributed by atoms with van der Waals surface area (Å²) in [6.07, 6.45) is 0. The minimum atomic E-state index is -0.630. The number of ether oxygens (including phenoxy) is 1. The average Bonchev–Trinajstić information content (AvgIpc) is 2.70. The summed E-state index contributed by atoms with van der Waals surface area (Å²) in [5.74, 6) is 0.207. The molecule has 142 valence electrons. The van der Waals surface area contributed by atoms with Gasteiger partial charge in [-0.15, -0.1) is 0 Å². The Morgan fingerprint density at radius 1 is 1.22 bits per heavy atom. The second kappa shape index (κ2) is 7.41. The predicted octanol–water partition coefficient (Wildman–Crippen LogP) is 5.02. The number of fused-ring (bicyclic) bond motifs is 1. The Labute approximate surface area is 168 Å². The van der Waals surface area contributed by atoms with Gasteiger partial charge in [-0.05, 0) is 51.1 Å². The van der Waals surface area contributed by atoms with E-state index < -0.39 is 5.41 Å². The number of amides is 2. The molecule has 1 N–H and O–H groups in total. The van der Waals surface area contributed by atoms with Gasteiger partial charge in [0.2, 0.25) is 5.91 Å². The van der Waals surface area contributed by atoms with Crippen LogP contribution in [0.15, 0.2) is 36.4 Å². The van der Waals surface area contributed by atoms with Gasteiger partial charge in [-0.2, -0.15) is 0 Å². The standard InChI is InChI=1S/C20H20Cl2N2O3/c1-4-24-16-8-6-13(10-17(16)27-11-20(2,3)19(24)26)23-18(25)14-7-5-12(21)9-15(14)22/h5-10H,4,11H2,1-3H3,(H,23,25). The first-order chi connectivity index (χ1) is 12.7. The van der Waals surface area contributed by atoms with Gasteiger partial charge in [0.15, 0.2) is 0 Å². The molecule has 1 aliphatic rings. The molecule has 0 unspecified atom stereocenters. The van der Waals surface area contributed by atoms with Crippen molar-refractivity contribution in [1.82, 2.24) is 0 Å². The first-order valence-corrected chi connectivity index (χ1v) is 9.34. The number of rotatable bonds is 3. The molecule has 5 nitrogen and oxygen atoms in total. The first kappa shape index (κ1) is 19.5. The molecule has 0 spiro atoms. The van der Waals surface area contributed by atoms with Gasteiger partial charge in [0.25, 0.3) is 5.91 Å². The fraction of sp³-hybridized carbons (Fsp3) is 0.300. The summed E-state index contributed by atoms with van der Waals surface area (Å²) in [5.41, 5.74) is 0.932. The largest absolute Gasteiger partial charge is 0.490 e. The SMILES string of the molecule is CCN1C(=O)C(C)(C)COc2cc(NC(=O)c3ccc(Cl)cc3Cl)ccc21. The Morgan fingerprint density at radius 2 is 1.96 bits per heavy atom. The van der Waals surface area contributed by atoms with Crippen molar-refractivity contribution in [3.05, 3.63) is 52.0 Å². The van der Waals surface area contributed by atoms with E-state index in [0.717, 1.165) is 0 Å². The van der Waals surface area contributed by atoms with E-state index in [1.165, 1.54) is 6.07 Å². The van der Waals surface area contributed by atoms with Gasteiger partial charge in [-0.25, -0.2) is 0 Å². The van der Waals surface area contributed by atoms with Crippen molar-refractivity contribution in [2.75, 3.05) is 23.4 Å². The molecule has 0 fully saturated rings. The van der Waals surface area contributed by atoms with Crippen molar-refractivity contribution in [2.45, 2.75) is 20.8 Å². The predicted molar refractivity (Wildman–Crippen MR) is 108 cm³/mol. The Kier molecular flexibility index (Phi) is 5.36. The molecule has 2 aromatic carbocycles. The van der Waals surface area contributed by atoms with Crippen LogP contribution in [0.4, 0.5) is 11.4 Å². The Balaban J connectivity index is 1.89. The van der Waals surface area contributed by atoms with Crippen molar-refractivity contribution in [3.8, 4) is 5.75 Å². The van der Waals surface area contributed by atoms with E-state index in [1.54, 1.807) is 35.2 Å². The van der Waals surface area contributed by atoms with Crippen LogP contribution in [0.25, 0.3) is 0 Å². The molecule has 7 heteroatoms. The molecule has 27 heavy (non-hydrogen) atoms. The molecule has 0 radical (unpaired) electrons. The van der Waals surface area contributed by atoms with Crippen LogP contribution in [0.5, 0.6) is 5.75 Å². The quantitative estimate of drug-likeness (QED) is 0.778. The maximum absolute atomic E-state index is 12.7. The maximum Gasteiger partial charge on any atom is 0.257 e. The number of carbonyl (C=O) groups is 2. The summed E-state index contributed by atoms with van der Waals surface area (Å²) in [7, 11) is 0. The molecule has 1 heterocycles. The van der Waals surface area contributed by atoms with E-state index in [0.29, 0.717) is 34.3 Å². The van der Waals surface area contributed by atoms with Crippen molar-refractivity contribution in [1.29, 1.82) is 0 Å². The van der Waals surface area contributed by atoms with Crippen LogP contribution in [0.2, 0.25) is 10.0 Å². The van der Waals surface area contributed by atoms with Gasteiger partial charge < -0.3 is 15.0 Å². The second-order valence-electron chi connectivity index (χ2n) is 6.98. The lowest BCUT2D eigenvalue weighted by Crippen LogP contribution is -2.42. The zero-order chi connectivity index (χ0) is 19.8. The molecule has 1 aliphatic heterocycles. The number of halogens is 2. The van der Waals surface area contributed by atoms with Crippen molar-refractivity contribution >= 4 is 46.4 Å². The Bertz CT molecular complexity index is 912. The molecule has 0 bridgehead atoms. The van der Waals surface area contributed by atoms with E-state index in [-0.39, 0.29) is 23.4 Å². The third-order valence-electron chi connectivity index (χ3n) is 4.41. The molecule has 2 aromatic rings. The van der Waals surface area contributed by atoms with Crippen LogP contribution < -0.4 is 15.0 Å². The second-order valence-corrected chi connectivity index (χ2v) is 7.83. The summed E-state index contributed by atoms with van der Waals surface area (Å²) in [4.78, 5) is 26.9. The fourth-order valence-corrected chi connectivity index (χ4v) is 3.41. The van der Waals surface area contributed by atoms with Gasteiger partial charge in [-0.1, -0.05) is 23.2 Å². The third-order valence-corrected chi connectivity index (χ3v) is 4.96. The lowest BCUT2D eigenvalue weighted by molar-refractivity contribution is -0.127. The summed E-state index contributed by atoms with van der Waals surface area (Å²) in [6, 6.07) is 9.92. The smallest absolute Gasteiger partial charge is 0.257 e. The lowest BCUT2D eigenvalue weighted by atomic mass is 9.93. The highest BCUT2D eigenvalue weighted by atomic mass is 35.5. The van der Waals surface area contributed by atoms with Crippen molar-refractivity contribution in [2.24, 2.45) is 5.41 Å². The Morgan fingerprint density at radius 3 is 2.63 bits per heavy atom. The topological polar surface area (TPSA) is 58.6 Å². The monoisotopic (exact) mass is 406 g/mol. The lowest BCUT2D eigenvalue weighted by Gasteiger charge is -2.26. The molecule has 0 saturated heterocycles. The van der Waals surface area contributed by atoms with Crippen LogP contribution in [-0.2, 0) is 4.79 Å². The molecule has 0 atom stereocenters. The highest BCUT2D eigenvalue weighted by molar-refractivity contribution is 6.37. The minimum Gasteiger partial charge on any atom is -0.490 e. The van der Waals surface area contributed by atoms with Crippen LogP contribution in [0.1, 0.15) is 31.1 Å². The van der Waals surface area contributed by atoms with E-state index >= 15 is 0 Å². The van der Waals surface area contributed by atoms with Crippen LogP contribution >= 0.6 is 23.2 Å². The van der Waals surface area contributed by atoms with E-state index in [1.807, 2.05) is 20.8 Å². The summed E-state index contributed by atoms with van der Waals surface area (Å²) < 4.78 is 5.88. The van der Waals surface area contributed by atoms with E-state index in [9.17, 15) is 9.59 Å². The van der Waals surface area contributed by atoms with E-state index in [4.69, 9.17) is 27.9 Å². The maximum atomic E-state index is 12.7. The number of carbonyl (C=O) groups excluding carboxylic acids is 2. The highest BCUT2D eigenvalue weighted by Crippen LogP contribution is 2.38. The van der Waals surface area contributed by atoms with Gasteiger partial charge in [0.05, 0.1) is 21.7 Å². The van der Waals surface area contributed by atoms with Crippen LogP contribution in [0, 0.1) is 5.41 Å². The molecular weight excluding hydrogens is 387 g/mol. The molecular formula is C20H20Cl2N2O3. The number of nitrogens with zero attached hydrogens (tertiary/aromatic N) is 1. The third kappa shape index (κ3) is 3.89. The zero-order valence-electron chi connectivity index (χ0n) is 15.3. The van der Waals surface area contributed by atoms with Gasteiger partial charge in [0.1, 0.15) is 12.4 Å². The average molecular weight is 407 g/mol. The van der Waals surface area contributed by atoms with Crippen LogP contribution in [-0.4, -0.2) is 25.0 Å². The molecule has 0 saturated carbocycles. The number of nitrogens with one attached hydrogen (secondary N) is 1. The fourth-order valence-electron chi connectivity index (χ4n) is 2.91. The van der Waals surface area contributed by atoms with Gasteiger partial charge in [-0.3, -0.25) is 9.59 Å². The molecule has 3 rings (SSSR count). The normalized spacial score (nSPS) is 15.6. The van der Waals surface area contributed by atoms with Gasteiger partial charge in [0, 0.05) is 23.3 Å². The first-order valence-electron chi connectivity index (χ1n) is 8.58. The van der Waals surface area contributed by atoms with Crippen molar-refractivity contribution in [3.63, 3.8) is 0 Å². The molecule has 0 aromatic heterocycles. The zero-order valence-corrected chi connectivity index (χ0v) is 16.8. The Hall–Kier alpha value is -2.24. The molecule has 2 amide bonds. The minimum absolute atomic E-state index is 0.00785. The summed E-state index contributed by atoms with van der Waals surface area (Å²) in [6.45, 7) is 6.42. The highest BCUT2D eigenvalue weighted by Gasteiger charge is 2.37. The number of hydrogen-bond donors (Lipinski definition) is 1. The number of benzene rings is 2. The summed E-state index contributed by atoms with van der Waals surface area (Å²) >= 11 is 12.0. The van der Waals surface area contributed by atoms with Gasteiger partial charge >= 0.3 is 0 Å².